The minimum Gasteiger partial charge on any atom is -0.380 e. The molecule has 0 aliphatic heterocycles. The van der Waals surface area contributed by atoms with Crippen LogP contribution in [0.2, 0.25) is 0 Å². The minimum absolute atomic E-state index is 0.0108. The molecule has 1 aromatic heterocycles. The molecule has 0 aliphatic carbocycles. The van der Waals surface area contributed by atoms with Gasteiger partial charge in [-0.05, 0) is 29.3 Å². The maximum absolute atomic E-state index is 10.8. The second kappa shape index (κ2) is 8.06. The number of nitrogens with one attached hydrogen (secondary N) is 1. The van der Waals surface area contributed by atoms with Crippen LogP contribution >= 0.6 is 15.9 Å². The molecule has 0 bridgehead atoms. The zero-order valence-electron chi connectivity index (χ0n) is 11.1. The Hall–Kier alpha value is -1.21. The summed E-state index contributed by atoms with van der Waals surface area (Å²) >= 11 is 3.32. The SMILES string of the molecule is CCCCOCCNc1ncc([N+](=O)[O-])c(C)c1Br. The summed E-state index contributed by atoms with van der Waals surface area (Å²) in [5.41, 5.74) is 0.575. The third-order valence-corrected chi connectivity index (χ3v) is 3.59. The molecule has 0 unspecified atom stereocenters. The molecule has 0 atom stereocenters. The van der Waals surface area contributed by atoms with Crippen LogP contribution in [0.1, 0.15) is 25.3 Å². The quantitative estimate of drug-likeness (QED) is 0.449. The maximum Gasteiger partial charge on any atom is 0.291 e. The summed E-state index contributed by atoms with van der Waals surface area (Å²) in [5, 5.41) is 13.8. The molecule has 0 spiro atoms. The summed E-state index contributed by atoms with van der Waals surface area (Å²) in [4.78, 5) is 14.3. The normalized spacial score (nSPS) is 10.5. The highest BCUT2D eigenvalue weighted by Crippen LogP contribution is 2.30. The maximum atomic E-state index is 10.8. The van der Waals surface area contributed by atoms with Crippen molar-refractivity contribution in [2.24, 2.45) is 0 Å². The molecule has 0 saturated carbocycles. The van der Waals surface area contributed by atoms with E-state index >= 15 is 0 Å². The summed E-state index contributed by atoms with van der Waals surface area (Å²) in [6.45, 7) is 5.76. The number of anilines is 1. The van der Waals surface area contributed by atoms with Crippen LogP contribution in [0.4, 0.5) is 11.5 Å². The van der Waals surface area contributed by atoms with Gasteiger partial charge in [0.1, 0.15) is 12.0 Å². The van der Waals surface area contributed by atoms with E-state index in [1.807, 2.05) is 0 Å². The molecule has 1 N–H and O–H groups in total. The molecule has 106 valence electrons. The van der Waals surface area contributed by atoms with E-state index in [1.54, 1.807) is 6.92 Å². The van der Waals surface area contributed by atoms with Gasteiger partial charge in [-0.15, -0.1) is 0 Å². The lowest BCUT2D eigenvalue weighted by atomic mass is 10.2. The van der Waals surface area contributed by atoms with Gasteiger partial charge in [0, 0.05) is 18.7 Å². The van der Waals surface area contributed by atoms with Gasteiger partial charge in [-0.2, -0.15) is 0 Å². The Balaban J connectivity index is 2.51. The van der Waals surface area contributed by atoms with Crippen LogP contribution in [-0.2, 0) is 4.74 Å². The fraction of sp³-hybridized carbons (Fsp3) is 0.583. The first-order chi connectivity index (χ1) is 9.07. The number of hydrogen-bond donors (Lipinski definition) is 1. The molecule has 0 aliphatic rings. The van der Waals surface area contributed by atoms with Gasteiger partial charge >= 0.3 is 0 Å². The molecule has 1 heterocycles. The van der Waals surface area contributed by atoms with E-state index in [-0.39, 0.29) is 5.69 Å². The first kappa shape index (κ1) is 15.8. The first-order valence-electron chi connectivity index (χ1n) is 6.19. The van der Waals surface area contributed by atoms with E-state index in [9.17, 15) is 10.1 Å². The summed E-state index contributed by atoms with van der Waals surface area (Å²) in [6.07, 6.45) is 3.43. The Morgan fingerprint density at radius 3 is 2.89 bits per heavy atom. The Bertz CT molecular complexity index is 440. The van der Waals surface area contributed by atoms with E-state index in [0.717, 1.165) is 19.4 Å². The number of rotatable bonds is 8. The lowest BCUT2D eigenvalue weighted by Crippen LogP contribution is -2.12. The summed E-state index contributed by atoms with van der Waals surface area (Å²) < 4.78 is 6.03. The molecule has 0 amide bonds. The third-order valence-electron chi connectivity index (χ3n) is 2.62. The number of nitrogens with zero attached hydrogens (tertiary/aromatic N) is 2. The minimum atomic E-state index is -0.440. The number of unbranched alkanes of at least 4 members (excludes halogenated alkanes) is 1. The molecule has 7 heteroatoms. The summed E-state index contributed by atoms with van der Waals surface area (Å²) in [5.74, 6) is 0.599. The molecule has 0 aromatic carbocycles. The second-order valence-corrected chi connectivity index (χ2v) is 4.87. The van der Waals surface area contributed by atoms with Gasteiger partial charge in [0.2, 0.25) is 0 Å². The van der Waals surface area contributed by atoms with Crippen LogP contribution < -0.4 is 5.32 Å². The van der Waals surface area contributed by atoms with Crippen LogP contribution in [0.25, 0.3) is 0 Å². The van der Waals surface area contributed by atoms with Gasteiger partial charge in [-0.1, -0.05) is 13.3 Å². The van der Waals surface area contributed by atoms with E-state index in [4.69, 9.17) is 4.74 Å². The number of nitro groups is 1. The molecule has 6 nitrogen and oxygen atoms in total. The van der Waals surface area contributed by atoms with E-state index < -0.39 is 4.92 Å². The first-order valence-corrected chi connectivity index (χ1v) is 6.98. The number of pyridine rings is 1. The van der Waals surface area contributed by atoms with Crippen molar-refractivity contribution in [2.75, 3.05) is 25.1 Å². The fourth-order valence-corrected chi connectivity index (χ4v) is 1.91. The highest BCUT2D eigenvalue weighted by Gasteiger charge is 2.16. The Labute approximate surface area is 120 Å². The van der Waals surface area contributed by atoms with E-state index in [1.165, 1.54) is 6.20 Å². The average molecular weight is 332 g/mol. The highest BCUT2D eigenvalue weighted by molar-refractivity contribution is 9.10. The predicted molar refractivity (Wildman–Crippen MR) is 77.5 cm³/mol. The smallest absolute Gasteiger partial charge is 0.291 e. The zero-order valence-corrected chi connectivity index (χ0v) is 12.7. The Kier molecular flexibility index (Phi) is 6.72. The van der Waals surface area contributed by atoms with Crippen LogP contribution in [-0.4, -0.2) is 29.7 Å². The number of ether oxygens (including phenoxy) is 1. The summed E-state index contributed by atoms with van der Waals surface area (Å²) in [7, 11) is 0. The number of hydrogen-bond acceptors (Lipinski definition) is 5. The molecule has 1 rings (SSSR count). The monoisotopic (exact) mass is 331 g/mol. The van der Waals surface area contributed by atoms with Crippen LogP contribution in [0.3, 0.4) is 0 Å². The van der Waals surface area contributed by atoms with Gasteiger partial charge < -0.3 is 10.1 Å². The lowest BCUT2D eigenvalue weighted by Gasteiger charge is -2.09. The van der Waals surface area contributed by atoms with Crippen molar-refractivity contribution in [3.63, 3.8) is 0 Å². The lowest BCUT2D eigenvalue weighted by molar-refractivity contribution is -0.385. The fourth-order valence-electron chi connectivity index (χ4n) is 1.47. The molecule has 1 aromatic rings. The van der Waals surface area contributed by atoms with Crippen LogP contribution in [0.15, 0.2) is 10.7 Å². The Morgan fingerprint density at radius 2 is 2.26 bits per heavy atom. The Morgan fingerprint density at radius 1 is 1.53 bits per heavy atom. The second-order valence-electron chi connectivity index (χ2n) is 4.08. The van der Waals surface area contributed by atoms with Gasteiger partial charge in [-0.25, -0.2) is 4.98 Å². The van der Waals surface area contributed by atoms with Crippen molar-refractivity contribution in [2.45, 2.75) is 26.7 Å². The van der Waals surface area contributed by atoms with E-state index in [2.05, 4.69) is 33.2 Å². The molecular formula is C12H18BrN3O3. The van der Waals surface area contributed by atoms with Crippen LogP contribution in [0, 0.1) is 17.0 Å². The predicted octanol–water partition coefficient (Wildman–Crippen LogP) is 3.29. The molecule has 0 saturated heterocycles. The molecular weight excluding hydrogens is 314 g/mol. The van der Waals surface area contributed by atoms with Crippen molar-refractivity contribution in [3.8, 4) is 0 Å². The van der Waals surface area contributed by atoms with Crippen molar-refractivity contribution in [3.05, 3.63) is 26.3 Å². The number of aromatic nitrogens is 1. The molecule has 19 heavy (non-hydrogen) atoms. The molecule has 0 fully saturated rings. The zero-order chi connectivity index (χ0) is 14.3. The van der Waals surface area contributed by atoms with Gasteiger partial charge in [0.25, 0.3) is 5.69 Å². The van der Waals surface area contributed by atoms with E-state index in [0.29, 0.717) is 29.0 Å². The standard InChI is InChI=1S/C12H18BrN3O3/c1-3-4-6-19-7-5-14-12-11(13)9(2)10(8-15-12)16(17)18/h8H,3-7H2,1-2H3,(H,14,15). The van der Waals surface area contributed by atoms with Crippen molar-refractivity contribution >= 4 is 27.4 Å². The van der Waals surface area contributed by atoms with Gasteiger partial charge in [-0.3, -0.25) is 10.1 Å². The average Bonchev–Trinajstić information content (AvgIpc) is 2.38. The van der Waals surface area contributed by atoms with Crippen molar-refractivity contribution < 1.29 is 9.66 Å². The van der Waals surface area contributed by atoms with Gasteiger partial charge in [0.05, 0.1) is 16.0 Å². The van der Waals surface area contributed by atoms with Crippen molar-refractivity contribution in [1.29, 1.82) is 0 Å². The third kappa shape index (κ3) is 4.76. The van der Waals surface area contributed by atoms with Crippen LogP contribution in [0.5, 0.6) is 0 Å². The topological polar surface area (TPSA) is 77.3 Å². The molecule has 0 radical (unpaired) electrons. The largest absolute Gasteiger partial charge is 0.380 e. The highest BCUT2D eigenvalue weighted by atomic mass is 79.9. The van der Waals surface area contributed by atoms with Crippen molar-refractivity contribution in [1.82, 2.24) is 4.98 Å². The van der Waals surface area contributed by atoms with Gasteiger partial charge in [0.15, 0.2) is 0 Å². The summed E-state index contributed by atoms with van der Waals surface area (Å²) in [6, 6.07) is 0. The number of halogens is 1.